The van der Waals surface area contributed by atoms with Crippen LogP contribution in [0.1, 0.15) is 12.5 Å². The standard InChI is InChI=1S/C10H9BrClNO/c1-6(14)13-3-2-7-4-8(11)9(12)5-10(7)13/h4-5H,2-3H2,1H3. The fourth-order valence-electron chi connectivity index (χ4n) is 1.71. The highest BCUT2D eigenvalue weighted by molar-refractivity contribution is 9.10. The summed E-state index contributed by atoms with van der Waals surface area (Å²) >= 11 is 9.35. The van der Waals surface area contributed by atoms with Crippen molar-refractivity contribution in [3.05, 3.63) is 27.2 Å². The first kappa shape index (κ1) is 9.99. The van der Waals surface area contributed by atoms with Gasteiger partial charge in [0.15, 0.2) is 0 Å². The number of hydrogen-bond acceptors (Lipinski definition) is 1. The van der Waals surface area contributed by atoms with Gasteiger partial charge >= 0.3 is 0 Å². The average Bonchev–Trinajstić information content (AvgIpc) is 2.48. The Hall–Kier alpha value is -0.540. The van der Waals surface area contributed by atoms with Gasteiger partial charge in [-0.25, -0.2) is 0 Å². The monoisotopic (exact) mass is 273 g/mol. The van der Waals surface area contributed by atoms with Crippen molar-refractivity contribution in [3.63, 3.8) is 0 Å². The number of rotatable bonds is 0. The van der Waals surface area contributed by atoms with Gasteiger partial charge in [-0.05, 0) is 40.0 Å². The minimum Gasteiger partial charge on any atom is -0.312 e. The Balaban J connectivity index is 2.50. The molecule has 2 nitrogen and oxygen atoms in total. The number of fused-ring (bicyclic) bond motifs is 1. The molecule has 1 aromatic carbocycles. The van der Waals surface area contributed by atoms with E-state index in [2.05, 4.69) is 15.9 Å². The van der Waals surface area contributed by atoms with Gasteiger partial charge in [0.1, 0.15) is 0 Å². The molecule has 0 fully saturated rings. The Kier molecular flexibility index (Phi) is 2.54. The van der Waals surface area contributed by atoms with Gasteiger partial charge in [0.2, 0.25) is 5.91 Å². The summed E-state index contributed by atoms with van der Waals surface area (Å²) in [7, 11) is 0. The molecular weight excluding hydrogens is 265 g/mol. The fourth-order valence-corrected chi connectivity index (χ4v) is 2.26. The number of anilines is 1. The largest absolute Gasteiger partial charge is 0.312 e. The van der Waals surface area contributed by atoms with Gasteiger partial charge in [0.05, 0.1) is 5.02 Å². The van der Waals surface area contributed by atoms with Gasteiger partial charge < -0.3 is 4.90 Å². The minimum atomic E-state index is 0.0714. The third-order valence-electron chi connectivity index (χ3n) is 2.40. The van der Waals surface area contributed by atoms with Crippen LogP contribution in [-0.2, 0) is 11.2 Å². The van der Waals surface area contributed by atoms with Crippen LogP contribution in [0.25, 0.3) is 0 Å². The molecule has 0 unspecified atom stereocenters. The molecule has 14 heavy (non-hydrogen) atoms. The molecule has 0 aromatic heterocycles. The number of halogens is 2. The highest BCUT2D eigenvalue weighted by Gasteiger charge is 2.23. The van der Waals surface area contributed by atoms with Crippen molar-refractivity contribution in [1.82, 2.24) is 0 Å². The molecule has 0 N–H and O–H groups in total. The van der Waals surface area contributed by atoms with E-state index in [4.69, 9.17) is 11.6 Å². The lowest BCUT2D eigenvalue weighted by molar-refractivity contribution is -0.116. The zero-order chi connectivity index (χ0) is 10.3. The number of amides is 1. The van der Waals surface area contributed by atoms with Crippen molar-refractivity contribution in [2.75, 3.05) is 11.4 Å². The lowest BCUT2D eigenvalue weighted by atomic mass is 10.2. The van der Waals surface area contributed by atoms with Crippen molar-refractivity contribution in [2.45, 2.75) is 13.3 Å². The van der Waals surface area contributed by atoms with E-state index >= 15 is 0 Å². The first-order chi connectivity index (χ1) is 6.59. The van der Waals surface area contributed by atoms with Gasteiger partial charge in [-0.1, -0.05) is 11.6 Å². The molecule has 4 heteroatoms. The third kappa shape index (κ3) is 1.55. The molecular formula is C10H9BrClNO. The maximum Gasteiger partial charge on any atom is 0.223 e. The molecule has 0 saturated carbocycles. The van der Waals surface area contributed by atoms with E-state index < -0.39 is 0 Å². The van der Waals surface area contributed by atoms with Crippen molar-refractivity contribution in [1.29, 1.82) is 0 Å². The Morgan fingerprint density at radius 3 is 2.93 bits per heavy atom. The summed E-state index contributed by atoms with van der Waals surface area (Å²) in [6.07, 6.45) is 0.907. The van der Waals surface area contributed by atoms with Crippen molar-refractivity contribution < 1.29 is 4.79 Å². The topological polar surface area (TPSA) is 20.3 Å². The van der Waals surface area contributed by atoms with E-state index in [9.17, 15) is 4.79 Å². The Bertz CT molecular complexity index is 405. The van der Waals surface area contributed by atoms with Crippen LogP contribution in [0.4, 0.5) is 5.69 Å². The zero-order valence-electron chi connectivity index (χ0n) is 7.68. The summed E-state index contributed by atoms with van der Waals surface area (Å²) < 4.78 is 0.892. The predicted octanol–water partition coefficient (Wildman–Crippen LogP) is 3.01. The van der Waals surface area contributed by atoms with E-state index in [0.29, 0.717) is 5.02 Å². The van der Waals surface area contributed by atoms with E-state index in [0.717, 1.165) is 23.1 Å². The quantitative estimate of drug-likeness (QED) is 0.712. The van der Waals surface area contributed by atoms with Gasteiger partial charge in [-0.3, -0.25) is 4.79 Å². The SMILES string of the molecule is CC(=O)N1CCc2cc(Br)c(Cl)cc21. The van der Waals surface area contributed by atoms with Crippen molar-refractivity contribution in [3.8, 4) is 0 Å². The normalized spacial score (nSPS) is 14.4. The Morgan fingerprint density at radius 1 is 1.57 bits per heavy atom. The number of carbonyl (C=O) groups is 1. The van der Waals surface area contributed by atoms with Crippen molar-refractivity contribution >= 4 is 39.1 Å². The summed E-state index contributed by atoms with van der Waals surface area (Å²) in [5.74, 6) is 0.0714. The highest BCUT2D eigenvalue weighted by atomic mass is 79.9. The van der Waals surface area contributed by atoms with Gasteiger partial charge in [0.25, 0.3) is 0 Å². The van der Waals surface area contributed by atoms with Crippen LogP contribution in [-0.4, -0.2) is 12.5 Å². The number of hydrogen-bond donors (Lipinski definition) is 0. The zero-order valence-corrected chi connectivity index (χ0v) is 10.0. The summed E-state index contributed by atoms with van der Waals surface area (Å²) in [6, 6.07) is 3.83. The molecule has 0 aliphatic carbocycles. The van der Waals surface area contributed by atoms with Crippen LogP contribution in [0.2, 0.25) is 5.02 Å². The van der Waals surface area contributed by atoms with Gasteiger partial charge in [-0.15, -0.1) is 0 Å². The molecule has 0 radical (unpaired) electrons. The first-order valence-corrected chi connectivity index (χ1v) is 5.52. The molecule has 1 aliphatic heterocycles. The van der Waals surface area contributed by atoms with Crippen LogP contribution >= 0.6 is 27.5 Å². The molecule has 74 valence electrons. The Morgan fingerprint density at radius 2 is 2.29 bits per heavy atom. The van der Waals surface area contributed by atoms with Gasteiger partial charge in [-0.2, -0.15) is 0 Å². The van der Waals surface area contributed by atoms with Crippen LogP contribution in [0.5, 0.6) is 0 Å². The second kappa shape index (κ2) is 3.55. The lowest BCUT2D eigenvalue weighted by Crippen LogP contribution is -2.25. The maximum atomic E-state index is 11.3. The van der Waals surface area contributed by atoms with Crippen LogP contribution in [0.15, 0.2) is 16.6 Å². The van der Waals surface area contributed by atoms with Crippen LogP contribution in [0, 0.1) is 0 Å². The van der Waals surface area contributed by atoms with E-state index in [1.807, 2.05) is 12.1 Å². The smallest absolute Gasteiger partial charge is 0.223 e. The van der Waals surface area contributed by atoms with E-state index in [1.54, 1.807) is 11.8 Å². The summed E-state index contributed by atoms with van der Waals surface area (Å²) in [6.45, 7) is 2.34. The predicted molar refractivity (Wildman–Crippen MR) is 60.9 cm³/mol. The van der Waals surface area contributed by atoms with Crippen molar-refractivity contribution in [2.24, 2.45) is 0 Å². The molecule has 1 heterocycles. The molecule has 0 atom stereocenters. The molecule has 1 aromatic rings. The number of benzene rings is 1. The van der Waals surface area contributed by atoms with Crippen LogP contribution < -0.4 is 4.90 Å². The molecule has 0 spiro atoms. The van der Waals surface area contributed by atoms with Crippen LogP contribution in [0.3, 0.4) is 0 Å². The Labute approximate surface area is 96.0 Å². The fraction of sp³-hybridized carbons (Fsp3) is 0.300. The average molecular weight is 275 g/mol. The number of carbonyl (C=O) groups excluding carboxylic acids is 1. The summed E-state index contributed by atoms with van der Waals surface area (Å²) in [4.78, 5) is 13.0. The molecule has 0 bridgehead atoms. The minimum absolute atomic E-state index is 0.0714. The van der Waals surface area contributed by atoms with E-state index in [1.165, 1.54) is 5.56 Å². The molecule has 2 rings (SSSR count). The summed E-state index contributed by atoms with van der Waals surface area (Å²) in [5.41, 5.74) is 2.13. The second-order valence-electron chi connectivity index (χ2n) is 3.32. The van der Waals surface area contributed by atoms with E-state index in [-0.39, 0.29) is 5.91 Å². The summed E-state index contributed by atoms with van der Waals surface area (Å²) in [5, 5.41) is 0.650. The number of nitrogens with zero attached hydrogens (tertiary/aromatic N) is 1. The highest BCUT2D eigenvalue weighted by Crippen LogP contribution is 2.35. The molecule has 1 aliphatic rings. The third-order valence-corrected chi connectivity index (χ3v) is 3.59. The lowest BCUT2D eigenvalue weighted by Gasteiger charge is -2.14. The first-order valence-electron chi connectivity index (χ1n) is 4.35. The second-order valence-corrected chi connectivity index (χ2v) is 4.58. The maximum absolute atomic E-state index is 11.3. The molecule has 0 saturated heterocycles. The van der Waals surface area contributed by atoms with Gasteiger partial charge in [0, 0.05) is 23.6 Å². The molecule has 1 amide bonds.